The molecule has 0 spiro atoms. The zero-order valence-electron chi connectivity index (χ0n) is 6.06. The number of hydrogen-bond donors (Lipinski definition) is 1. The third-order valence-electron chi connectivity index (χ3n) is 1.86. The highest BCUT2D eigenvalue weighted by Crippen LogP contribution is 2.16. The molecular weight excluding hydrogens is 148 g/mol. The molecule has 1 fully saturated rings. The number of carboxylic acids is 1. The van der Waals surface area contributed by atoms with E-state index in [1.54, 1.807) is 0 Å². The molecule has 0 aromatic rings. The van der Waals surface area contributed by atoms with Crippen LogP contribution in [0.5, 0.6) is 0 Å². The molecule has 62 valence electrons. The van der Waals surface area contributed by atoms with Crippen molar-refractivity contribution in [3.8, 4) is 0 Å². The van der Waals surface area contributed by atoms with Crippen LogP contribution in [0.15, 0.2) is 5.29 Å². The van der Waals surface area contributed by atoms with Crippen LogP contribution in [0.25, 0.3) is 0 Å². The van der Waals surface area contributed by atoms with Crippen LogP contribution in [-0.4, -0.2) is 28.7 Å². The Hall–Kier alpha value is -1.13. The first-order chi connectivity index (χ1) is 5.25. The first-order valence-electron chi connectivity index (χ1n) is 3.58. The van der Waals surface area contributed by atoms with E-state index < -0.39 is 12.0 Å². The van der Waals surface area contributed by atoms with E-state index in [2.05, 4.69) is 5.29 Å². The third kappa shape index (κ3) is 1.66. The minimum atomic E-state index is -0.954. The largest absolute Gasteiger partial charge is 0.480 e. The summed E-state index contributed by atoms with van der Waals surface area (Å²) in [5.74, 6) is -0.954. The molecule has 5 nitrogen and oxygen atoms in total. The van der Waals surface area contributed by atoms with Crippen LogP contribution < -0.4 is 0 Å². The van der Waals surface area contributed by atoms with Gasteiger partial charge in [-0.3, -0.25) is 0 Å². The summed E-state index contributed by atoms with van der Waals surface area (Å²) in [6.45, 7) is 0.473. The topological polar surface area (TPSA) is 70.0 Å². The summed E-state index contributed by atoms with van der Waals surface area (Å²) in [6, 6.07) is -0.693. The van der Waals surface area contributed by atoms with Crippen molar-refractivity contribution in [1.82, 2.24) is 5.01 Å². The second-order valence-electron chi connectivity index (χ2n) is 2.59. The first kappa shape index (κ1) is 7.97. The number of aliphatic carboxylic acids is 1. The van der Waals surface area contributed by atoms with Crippen molar-refractivity contribution in [3.63, 3.8) is 0 Å². The molecule has 1 saturated heterocycles. The highest BCUT2D eigenvalue weighted by atomic mass is 16.4. The van der Waals surface area contributed by atoms with Gasteiger partial charge in [-0.2, -0.15) is 0 Å². The van der Waals surface area contributed by atoms with E-state index in [4.69, 9.17) is 5.11 Å². The SMILES string of the molecule is O=NN1CCCCC1C(=O)O. The second kappa shape index (κ2) is 3.32. The Morgan fingerprint density at radius 3 is 2.73 bits per heavy atom. The normalized spacial score (nSPS) is 24.7. The van der Waals surface area contributed by atoms with E-state index in [0.717, 1.165) is 17.9 Å². The van der Waals surface area contributed by atoms with Gasteiger partial charge in [-0.25, -0.2) is 9.80 Å². The van der Waals surface area contributed by atoms with Crippen LogP contribution >= 0.6 is 0 Å². The Labute approximate surface area is 63.9 Å². The van der Waals surface area contributed by atoms with Gasteiger partial charge in [-0.15, -0.1) is 4.91 Å². The standard InChI is InChI=1S/C6H10N2O3/c9-6(10)5-3-1-2-4-8(5)7-11/h5H,1-4H2,(H,9,10). The van der Waals surface area contributed by atoms with Gasteiger partial charge in [-0.05, 0) is 19.3 Å². The van der Waals surface area contributed by atoms with Gasteiger partial charge < -0.3 is 5.11 Å². The predicted octanol–water partition coefficient (Wildman–Crippen LogP) is 0.607. The molecule has 0 saturated carbocycles. The summed E-state index contributed by atoms with van der Waals surface area (Å²) in [4.78, 5) is 20.6. The van der Waals surface area contributed by atoms with Crippen LogP contribution in [0, 0.1) is 4.91 Å². The fourth-order valence-electron chi connectivity index (χ4n) is 1.27. The molecule has 1 aliphatic rings. The molecule has 1 aliphatic heterocycles. The van der Waals surface area contributed by atoms with Crippen molar-refractivity contribution < 1.29 is 9.90 Å². The molecule has 1 rings (SSSR count). The molecule has 1 heterocycles. The van der Waals surface area contributed by atoms with Crippen LogP contribution in [0.3, 0.4) is 0 Å². The fraction of sp³-hybridized carbons (Fsp3) is 0.833. The Morgan fingerprint density at radius 2 is 2.27 bits per heavy atom. The fourth-order valence-corrected chi connectivity index (χ4v) is 1.27. The lowest BCUT2D eigenvalue weighted by Crippen LogP contribution is -2.40. The van der Waals surface area contributed by atoms with Crippen LogP contribution in [0.2, 0.25) is 0 Å². The van der Waals surface area contributed by atoms with Crippen LogP contribution in [0.4, 0.5) is 0 Å². The highest BCUT2D eigenvalue weighted by Gasteiger charge is 2.28. The van der Waals surface area contributed by atoms with Crippen molar-refractivity contribution in [2.75, 3.05) is 6.54 Å². The van der Waals surface area contributed by atoms with Gasteiger partial charge in [0.15, 0.2) is 0 Å². The van der Waals surface area contributed by atoms with Gasteiger partial charge >= 0.3 is 5.97 Å². The summed E-state index contributed by atoms with van der Waals surface area (Å²) in [5.41, 5.74) is 0. The van der Waals surface area contributed by atoms with Crippen molar-refractivity contribution in [3.05, 3.63) is 4.91 Å². The molecule has 0 aliphatic carbocycles. The molecular formula is C6H10N2O3. The summed E-state index contributed by atoms with van der Waals surface area (Å²) >= 11 is 0. The second-order valence-corrected chi connectivity index (χ2v) is 2.59. The van der Waals surface area contributed by atoms with Gasteiger partial charge in [0.1, 0.15) is 6.04 Å². The van der Waals surface area contributed by atoms with Crippen molar-refractivity contribution >= 4 is 5.97 Å². The van der Waals surface area contributed by atoms with E-state index in [0.29, 0.717) is 13.0 Å². The Morgan fingerprint density at radius 1 is 1.55 bits per heavy atom. The van der Waals surface area contributed by atoms with Gasteiger partial charge in [0, 0.05) is 6.54 Å². The van der Waals surface area contributed by atoms with E-state index in [-0.39, 0.29) is 0 Å². The number of nitroso groups, excluding NO2 is 1. The summed E-state index contributed by atoms with van der Waals surface area (Å²) in [7, 11) is 0. The maximum absolute atomic E-state index is 10.5. The predicted molar refractivity (Wildman–Crippen MR) is 37.8 cm³/mol. The minimum Gasteiger partial charge on any atom is -0.480 e. The summed E-state index contributed by atoms with van der Waals surface area (Å²) in [6.07, 6.45) is 2.25. The molecule has 0 aromatic carbocycles. The molecule has 5 heteroatoms. The molecule has 0 bridgehead atoms. The lowest BCUT2D eigenvalue weighted by molar-refractivity contribution is -0.144. The number of hydrogen-bond acceptors (Lipinski definition) is 3. The Balaban J connectivity index is 2.58. The quantitative estimate of drug-likeness (QED) is 0.597. The number of piperidine rings is 1. The maximum Gasteiger partial charge on any atom is 0.328 e. The lowest BCUT2D eigenvalue weighted by Gasteiger charge is -2.26. The summed E-state index contributed by atoms with van der Waals surface area (Å²) in [5, 5.41) is 12.4. The van der Waals surface area contributed by atoms with E-state index >= 15 is 0 Å². The zero-order valence-corrected chi connectivity index (χ0v) is 6.06. The van der Waals surface area contributed by atoms with Gasteiger partial charge in [-0.1, -0.05) is 0 Å². The molecule has 0 aromatic heterocycles. The zero-order chi connectivity index (χ0) is 8.27. The van der Waals surface area contributed by atoms with Gasteiger partial charge in [0.2, 0.25) is 0 Å². The van der Waals surface area contributed by atoms with Crippen LogP contribution in [0.1, 0.15) is 19.3 Å². The van der Waals surface area contributed by atoms with Crippen LogP contribution in [-0.2, 0) is 4.79 Å². The van der Waals surface area contributed by atoms with E-state index in [9.17, 15) is 9.70 Å². The number of carboxylic acid groups (broad SMARTS) is 1. The molecule has 1 unspecified atom stereocenters. The average Bonchev–Trinajstić information content (AvgIpc) is 2.04. The average molecular weight is 158 g/mol. The smallest absolute Gasteiger partial charge is 0.328 e. The third-order valence-corrected chi connectivity index (χ3v) is 1.86. The van der Waals surface area contributed by atoms with E-state index in [1.807, 2.05) is 0 Å². The van der Waals surface area contributed by atoms with E-state index in [1.165, 1.54) is 0 Å². The molecule has 1 N–H and O–H groups in total. The van der Waals surface area contributed by atoms with Crippen molar-refractivity contribution in [2.24, 2.45) is 5.29 Å². The Bertz CT molecular complexity index is 171. The Kier molecular flexibility index (Phi) is 2.40. The number of rotatable bonds is 2. The highest BCUT2D eigenvalue weighted by molar-refractivity contribution is 5.73. The maximum atomic E-state index is 10.5. The van der Waals surface area contributed by atoms with Crippen molar-refractivity contribution in [2.45, 2.75) is 25.3 Å². The minimum absolute atomic E-state index is 0.473. The molecule has 0 amide bonds. The summed E-state index contributed by atoms with van der Waals surface area (Å²) < 4.78 is 0. The lowest BCUT2D eigenvalue weighted by atomic mass is 10.0. The van der Waals surface area contributed by atoms with Gasteiger partial charge in [0.25, 0.3) is 0 Å². The molecule has 1 atom stereocenters. The molecule has 11 heavy (non-hydrogen) atoms. The first-order valence-corrected chi connectivity index (χ1v) is 3.58. The van der Waals surface area contributed by atoms with Crippen molar-refractivity contribution in [1.29, 1.82) is 0 Å². The monoisotopic (exact) mass is 158 g/mol. The van der Waals surface area contributed by atoms with Gasteiger partial charge in [0.05, 0.1) is 5.29 Å². The number of carbonyl (C=O) groups is 1. The molecule has 0 radical (unpaired) electrons. The number of nitrogens with zero attached hydrogens (tertiary/aromatic N) is 2.